The van der Waals surface area contributed by atoms with Gasteiger partial charge in [0.1, 0.15) is 10.8 Å². The number of halogens is 1. The number of nitrogens with one attached hydrogen (secondary N) is 1. The predicted molar refractivity (Wildman–Crippen MR) is 84.9 cm³/mol. The maximum atomic E-state index is 4.69. The zero-order valence-corrected chi connectivity index (χ0v) is 12.7. The maximum absolute atomic E-state index is 4.69. The fourth-order valence-electron chi connectivity index (χ4n) is 2.04. The molecule has 20 heavy (non-hydrogen) atoms. The van der Waals surface area contributed by atoms with Crippen molar-refractivity contribution in [3.05, 3.63) is 42.7 Å². The van der Waals surface area contributed by atoms with Crippen molar-refractivity contribution in [3.63, 3.8) is 0 Å². The predicted octanol–water partition coefficient (Wildman–Crippen LogP) is 2.46. The lowest BCUT2D eigenvalue weighted by Crippen LogP contribution is -2.43. The van der Waals surface area contributed by atoms with Crippen LogP contribution in [0.3, 0.4) is 0 Å². The van der Waals surface area contributed by atoms with Crippen LogP contribution in [0.25, 0.3) is 0 Å². The Balaban J connectivity index is 0.00000147. The van der Waals surface area contributed by atoms with Crippen LogP contribution in [0.5, 0.6) is 0 Å². The van der Waals surface area contributed by atoms with Crippen molar-refractivity contribution in [1.29, 1.82) is 0 Å². The third-order valence-electron chi connectivity index (χ3n) is 3.01. The van der Waals surface area contributed by atoms with Crippen molar-refractivity contribution in [2.45, 2.75) is 9.92 Å². The van der Waals surface area contributed by atoms with E-state index in [2.05, 4.69) is 27.3 Å². The Kier molecular flexibility index (Phi) is 5.64. The number of hydrogen-bond acceptors (Lipinski definition) is 5. The molecule has 1 aromatic carbocycles. The molecule has 0 saturated carbocycles. The monoisotopic (exact) mass is 308 g/mol. The molecule has 4 nitrogen and oxygen atoms in total. The first-order valence-corrected chi connectivity index (χ1v) is 7.24. The van der Waals surface area contributed by atoms with E-state index in [0.29, 0.717) is 0 Å². The number of rotatable bonds is 3. The fourth-order valence-corrected chi connectivity index (χ4v) is 2.83. The van der Waals surface area contributed by atoms with E-state index in [0.717, 1.165) is 37.0 Å². The first-order chi connectivity index (χ1) is 9.42. The van der Waals surface area contributed by atoms with E-state index in [1.807, 2.05) is 30.6 Å². The van der Waals surface area contributed by atoms with Crippen molar-refractivity contribution < 1.29 is 0 Å². The van der Waals surface area contributed by atoms with Gasteiger partial charge in [0.25, 0.3) is 0 Å². The van der Waals surface area contributed by atoms with Gasteiger partial charge in [-0.15, -0.1) is 12.4 Å². The van der Waals surface area contributed by atoms with Crippen molar-refractivity contribution in [3.8, 4) is 0 Å². The van der Waals surface area contributed by atoms with Crippen LogP contribution in [0.4, 0.5) is 5.82 Å². The van der Waals surface area contributed by atoms with Crippen LogP contribution >= 0.6 is 24.2 Å². The van der Waals surface area contributed by atoms with E-state index in [1.54, 1.807) is 11.8 Å². The summed E-state index contributed by atoms with van der Waals surface area (Å²) in [4.78, 5) is 12.5. The summed E-state index contributed by atoms with van der Waals surface area (Å²) in [5, 5.41) is 4.29. The molecule has 0 spiro atoms. The summed E-state index contributed by atoms with van der Waals surface area (Å²) in [5.74, 6) is 0.974. The van der Waals surface area contributed by atoms with E-state index in [-0.39, 0.29) is 12.4 Å². The summed E-state index contributed by atoms with van der Waals surface area (Å²) in [6.45, 7) is 4.01. The van der Waals surface area contributed by atoms with Crippen LogP contribution in [0.1, 0.15) is 0 Å². The molecule has 2 aromatic rings. The van der Waals surface area contributed by atoms with Crippen molar-refractivity contribution in [2.75, 3.05) is 31.1 Å². The second-order valence-electron chi connectivity index (χ2n) is 4.37. The summed E-state index contributed by atoms with van der Waals surface area (Å²) < 4.78 is 0. The molecule has 1 aliphatic heterocycles. The third-order valence-corrected chi connectivity index (χ3v) is 3.92. The standard InChI is InChI=1S/C14H16N4S.ClH/c1-2-4-12(5-3-1)19-14-11-16-10-13(17-14)18-8-6-15-7-9-18;/h1-5,10-11,15H,6-9H2;1H. The summed E-state index contributed by atoms with van der Waals surface area (Å²) in [6, 6.07) is 10.3. The minimum absolute atomic E-state index is 0. The van der Waals surface area contributed by atoms with Gasteiger partial charge in [-0.25, -0.2) is 4.98 Å². The van der Waals surface area contributed by atoms with Gasteiger partial charge in [-0.05, 0) is 12.1 Å². The molecule has 0 aliphatic carbocycles. The van der Waals surface area contributed by atoms with Crippen LogP contribution in [0, 0.1) is 0 Å². The quantitative estimate of drug-likeness (QED) is 0.943. The number of anilines is 1. The van der Waals surface area contributed by atoms with E-state index >= 15 is 0 Å². The Hall–Kier alpha value is -1.30. The summed E-state index contributed by atoms with van der Waals surface area (Å²) >= 11 is 1.65. The molecule has 0 unspecified atom stereocenters. The third kappa shape index (κ3) is 3.85. The Bertz CT molecular complexity index is 532. The minimum atomic E-state index is 0. The molecular formula is C14H17ClN4S. The highest BCUT2D eigenvalue weighted by Gasteiger charge is 2.12. The van der Waals surface area contributed by atoms with Gasteiger partial charge in [0.15, 0.2) is 0 Å². The largest absolute Gasteiger partial charge is 0.353 e. The molecule has 0 atom stereocenters. The molecule has 2 heterocycles. The van der Waals surface area contributed by atoms with Gasteiger partial charge >= 0.3 is 0 Å². The first kappa shape index (κ1) is 15.1. The molecule has 0 bridgehead atoms. The molecule has 1 aliphatic rings. The average molecular weight is 309 g/mol. The van der Waals surface area contributed by atoms with E-state index in [9.17, 15) is 0 Å². The number of benzene rings is 1. The van der Waals surface area contributed by atoms with Gasteiger partial charge < -0.3 is 10.2 Å². The maximum Gasteiger partial charge on any atom is 0.148 e. The second-order valence-corrected chi connectivity index (χ2v) is 5.46. The lowest BCUT2D eigenvalue weighted by Gasteiger charge is -2.28. The molecule has 1 aromatic heterocycles. The van der Waals surface area contributed by atoms with Crippen LogP contribution < -0.4 is 10.2 Å². The molecule has 1 N–H and O–H groups in total. The topological polar surface area (TPSA) is 41.1 Å². The molecule has 1 saturated heterocycles. The highest BCUT2D eigenvalue weighted by Crippen LogP contribution is 2.26. The number of aromatic nitrogens is 2. The molecule has 106 valence electrons. The van der Waals surface area contributed by atoms with Crippen molar-refractivity contribution >= 4 is 30.0 Å². The van der Waals surface area contributed by atoms with Gasteiger partial charge in [0, 0.05) is 31.1 Å². The van der Waals surface area contributed by atoms with Crippen LogP contribution in [-0.2, 0) is 0 Å². The van der Waals surface area contributed by atoms with Gasteiger partial charge in [-0.1, -0.05) is 30.0 Å². The highest BCUT2D eigenvalue weighted by molar-refractivity contribution is 7.99. The second kappa shape index (κ2) is 7.47. The van der Waals surface area contributed by atoms with Gasteiger partial charge in [-0.2, -0.15) is 0 Å². The zero-order valence-electron chi connectivity index (χ0n) is 11.0. The van der Waals surface area contributed by atoms with E-state index in [1.165, 1.54) is 4.90 Å². The Morgan fingerprint density at radius 3 is 2.55 bits per heavy atom. The summed E-state index contributed by atoms with van der Waals surface area (Å²) in [7, 11) is 0. The normalized spacial score (nSPS) is 14.7. The van der Waals surface area contributed by atoms with E-state index in [4.69, 9.17) is 4.98 Å². The van der Waals surface area contributed by atoms with Crippen LogP contribution in [-0.4, -0.2) is 36.1 Å². The van der Waals surface area contributed by atoms with Crippen molar-refractivity contribution in [2.24, 2.45) is 0 Å². The zero-order chi connectivity index (χ0) is 12.9. The van der Waals surface area contributed by atoms with Gasteiger partial charge in [0.2, 0.25) is 0 Å². The lowest BCUT2D eigenvalue weighted by atomic mass is 10.4. The SMILES string of the molecule is Cl.c1ccc(Sc2cncc(N3CCNCC3)n2)cc1. The molecule has 0 radical (unpaired) electrons. The number of piperazine rings is 1. The summed E-state index contributed by atoms with van der Waals surface area (Å²) in [5.41, 5.74) is 0. The van der Waals surface area contributed by atoms with E-state index < -0.39 is 0 Å². The Labute approximate surface area is 129 Å². The molecule has 0 amide bonds. The molecule has 6 heteroatoms. The van der Waals surface area contributed by atoms with Crippen molar-refractivity contribution in [1.82, 2.24) is 15.3 Å². The smallest absolute Gasteiger partial charge is 0.148 e. The summed E-state index contributed by atoms with van der Waals surface area (Å²) in [6.07, 6.45) is 3.67. The van der Waals surface area contributed by atoms with Crippen LogP contribution in [0.2, 0.25) is 0 Å². The number of nitrogens with zero attached hydrogens (tertiary/aromatic N) is 3. The Morgan fingerprint density at radius 1 is 1.05 bits per heavy atom. The van der Waals surface area contributed by atoms with Gasteiger partial charge in [-0.3, -0.25) is 4.98 Å². The lowest BCUT2D eigenvalue weighted by molar-refractivity contribution is 0.583. The number of hydrogen-bond donors (Lipinski definition) is 1. The molecule has 1 fully saturated rings. The fraction of sp³-hybridized carbons (Fsp3) is 0.286. The first-order valence-electron chi connectivity index (χ1n) is 6.42. The van der Waals surface area contributed by atoms with Crippen LogP contribution in [0.15, 0.2) is 52.6 Å². The van der Waals surface area contributed by atoms with Gasteiger partial charge in [0.05, 0.1) is 12.4 Å². The average Bonchev–Trinajstić information content (AvgIpc) is 2.49. The highest BCUT2D eigenvalue weighted by atomic mass is 35.5. The molecular weight excluding hydrogens is 292 g/mol. The molecule has 3 rings (SSSR count). The minimum Gasteiger partial charge on any atom is -0.353 e. The Morgan fingerprint density at radius 2 is 1.80 bits per heavy atom.